The Kier molecular flexibility index (Phi) is 8.37. The number of aryl methyl sites for hydroxylation is 1. The zero-order chi connectivity index (χ0) is 23.8. The summed E-state index contributed by atoms with van der Waals surface area (Å²) in [6.07, 6.45) is 1.49. The van der Waals surface area contributed by atoms with Gasteiger partial charge in [0.2, 0.25) is 10.0 Å². The van der Waals surface area contributed by atoms with Crippen LogP contribution < -0.4 is 10.2 Å². The van der Waals surface area contributed by atoms with Crippen LogP contribution in [0.2, 0.25) is 0 Å². The van der Waals surface area contributed by atoms with Crippen LogP contribution in [0.1, 0.15) is 16.7 Å². The van der Waals surface area contributed by atoms with Gasteiger partial charge in [-0.25, -0.2) is 13.8 Å². The van der Waals surface area contributed by atoms with Gasteiger partial charge in [-0.3, -0.25) is 4.79 Å². The Morgan fingerprint density at radius 2 is 1.85 bits per heavy atom. The van der Waals surface area contributed by atoms with Crippen molar-refractivity contribution in [1.29, 1.82) is 0 Å². The number of benzene rings is 3. The molecule has 172 valence electrons. The molecule has 3 aromatic rings. The SMILES string of the molecule is COc1ccc(S(=O)(=O)N(CC(=O)N/N=C/c2cccc(Br)c2)Cc2ccccc2)cc1C. The molecule has 0 unspecified atom stereocenters. The normalized spacial score (nSPS) is 11.6. The van der Waals surface area contributed by atoms with Crippen LogP contribution in [0.4, 0.5) is 0 Å². The predicted octanol–water partition coefficient (Wildman–Crippen LogP) is 4.11. The fourth-order valence-corrected chi connectivity index (χ4v) is 5.02. The van der Waals surface area contributed by atoms with Crippen molar-refractivity contribution < 1.29 is 17.9 Å². The van der Waals surface area contributed by atoms with E-state index in [1.807, 2.05) is 54.6 Å². The molecule has 0 saturated carbocycles. The van der Waals surface area contributed by atoms with Crippen LogP contribution in [0.25, 0.3) is 0 Å². The van der Waals surface area contributed by atoms with E-state index in [9.17, 15) is 13.2 Å². The van der Waals surface area contributed by atoms with Gasteiger partial charge in [0.1, 0.15) is 5.75 Å². The fraction of sp³-hybridized carbons (Fsp3) is 0.167. The van der Waals surface area contributed by atoms with Gasteiger partial charge < -0.3 is 4.74 Å². The summed E-state index contributed by atoms with van der Waals surface area (Å²) in [6.45, 7) is 1.41. The second-order valence-corrected chi connectivity index (χ2v) is 10.1. The van der Waals surface area contributed by atoms with E-state index in [4.69, 9.17) is 4.74 Å². The summed E-state index contributed by atoms with van der Waals surface area (Å²) in [4.78, 5) is 12.7. The van der Waals surface area contributed by atoms with Crippen molar-refractivity contribution in [2.75, 3.05) is 13.7 Å². The highest BCUT2D eigenvalue weighted by atomic mass is 79.9. The van der Waals surface area contributed by atoms with Crippen molar-refractivity contribution in [3.8, 4) is 5.75 Å². The van der Waals surface area contributed by atoms with Gasteiger partial charge in [-0.15, -0.1) is 0 Å². The number of hydrogen-bond donors (Lipinski definition) is 1. The van der Waals surface area contributed by atoms with Gasteiger partial charge in [-0.05, 0) is 53.9 Å². The van der Waals surface area contributed by atoms with Crippen molar-refractivity contribution >= 4 is 38.1 Å². The number of rotatable bonds is 9. The van der Waals surface area contributed by atoms with E-state index >= 15 is 0 Å². The number of amides is 1. The molecule has 0 saturated heterocycles. The minimum atomic E-state index is -3.97. The lowest BCUT2D eigenvalue weighted by atomic mass is 10.2. The van der Waals surface area contributed by atoms with Gasteiger partial charge in [-0.1, -0.05) is 58.4 Å². The van der Waals surface area contributed by atoms with E-state index in [0.717, 1.165) is 19.9 Å². The molecule has 0 fully saturated rings. The first-order valence-corrected chi connectivity index (χ1v) is 12.3. The maximum Gasteiger partial charge on any atom is 0.255 e. The predicted molar refractivity (Wildman–Crippen MR) is 132 cm³/mol. The summed E-state index contributed by atoms with van der Waals surface area (Å²) in [5.74, 6) is 0.0363. The lowest BCUT2D eigenvalue weighted by Crippen LogP contribution is -2.39. The van der Waals surface area contributed by atoms with Gasteiger partial charge in [0.25, 0.3) is 5.91 Å². The third-order valence-corrected chi connectivity index (χ3v) is 7.06. The molecule has 0 spiro atoms. The average Bonchev–Trinajstić information content (AvgIpc) is 2.79. The quantitative estimate of drug-likeness (QED) is 0.333. The standard InChI is InChI=1S/C24H24BrN3O4S/c1-18-13-22(11-12-23(18)32-2)33(30,31)28(16-19-7-4-3-5-8-19)17-24(29)27-26-15-20-9-6-10-21(25)14-20/h3-15H,16-17H2,1-2H3,(H,27,29)/b26-15+. The molecular formula is C24H24BrN3O4S. The molecular weight excluding hydrogens is 506 g/mol. The van der Waals surface area contributed by atoms with Gasteiger partial charge in [-0.2, -0.15) is 9.41 Å². The monoisotopic (exact) mass is 529 g/mol. The number of carbonyl (C=O) groups is 1. The molecule has 0 atom stereocenters. The summed E-state index contributed by atoms with van der Waals surface area (Å²) in [5.41, 5.74) is 4.64. The average molecular weight is 530 g/mol. The van der Waals surface area contributed by atoms with E-state index in [1.165, 1.54) is 25.5 Å². The number of halogens is 1. The van der Waals surface area contributed by atoms with Crippen molar-refractivity contribution in [3.63, 3.8) is 0 Å². The summed E-state index contributed by atoms with van der Waals surface area (Å²) in [7, 11) is -2.44. The molecule has 9 heteroatoms. The zero-order valence-corrected chi connectivity index (χ0v) is 20.6. The Morgan fingerprint density at radius 1 is 1.09 bits per heavy atom. The summed E-state index contributed by atoms with van der Waals surface area (Å²) in [5, 5.41) is 3.95. The van der Waals surface area contributed by atoms with Gasteiger partial charge >= 0.3 is 0 Å². The molecule has 0 heterocycles. The summed E-state index contributed by atoms with van der Waals surface area (Å²) in [6, 6.07) is 21.1. The van der Waals surface area contributed by atoms with Crippen molar-refractivity contribution in [1.82, 2.24) is 9.73 Å². The Hall–Kier alpha value is -3.01. The molecule has 0 radical (unpaired) electrons. The topological polar surface area (TPSA) is 88.1 Å². The van der Waals surface area contributed by atoms with Crippen LogP contribution in [0.5, 0.6) is 5.75 Å². The lowest BCUT2D eigenvalue weighted by Gasteiger charge is -2.22. The Labute approximate surface area is 202 Å². The zero-order valence-electron chi connectivity index (χ0n) is 18.2. The molecule has 0 aliphatic rings. The van der Waals surface area contributed by atoms with E-state index < -0.39 is 22.5 Å². The highest BCUT2D eigenvalue weighted by Gasteiger charge is 2.27. The second-order valence-electron chi connectivity index (χ2n) is 7.24. The summed E-state index contributed by atoms with van der Waals surface area (Å²) < 4.78 is 34.1. The van der Waals surface area contributed by atoms with Crippen LogP contribution in [-0.4, -0.2) is 38.5 Å². The van der Waals surface area contributed by atoms with Crippen LogP contribution in [0, 0.1) is 6.92 Å². The second kappa shape index (κ2) is 11.2. The van der Waals surface area contributed by atoms with Gasteiger partial charge in [0, 0.05) is 11.0 Å². The third kappa shape index (κ3) is 6.74. The number of sulfonamides is 1. The molecule has 3 rings (SSSR count). The first kappa shape index (κ1) is 24.6. The molecule has 3 aromatic carbocycles. The molecule has 33 heavy (non-hydrogen) atoms. The lowest BCUT2D eigenvalue weighted by molar-refractivity contribution is -0.121. The highest BCUT2D eigenvalue weighted by Crippen LogP contribution is 2.24. The van der Waals surface area contributed by atoms with Crippen molar-refractivity contribution in [2.24, 2.45) is 5.10 Å². The number of ether oxygens (including phenoxy) is 1. The number of nitrogens with zero attached hydrogens (tertiary/aromatic N) is 2. The molecule has 7 nitrogen and oxygen atoms in total. The van der Waals surface area contributed by atoms with Crippen molar-refractivity contribution in [3.05, 3.63) is 94.0 Å². The maximum atomic E-state index is 13.4. The van der Waals surface area contributed by atoms with E-state index in [1.54, 1.807) is 13.0 Å². The number of nitrogens with one attached hydrogen (secondary N) is 1. The molecule has 1 amide bonds. The van der Waals surface area contributed by atoms with Crippen LogP contribution in [0.15, 0.2) is 87.3 Å². The Bertz CT molecular complexity index is 1250. The smallest absolute Gasteiger partial charge is 0.255 e. The molecule has 0 aromatic heterocycles. The maximum absolute atomic E-state index is 13.4. The number of hydrazone groups is 1. The molecule has 0 bridgehead atoms. The van der Waals surface area contributed by atoms with Gasteiger partial charge in [0.05, 0.1) is 24.8 Å². The molecule has 0 aliphatic carbocycles. The Morgan fingerprint density at radius 3 is 2.52 bits per heavy atom. The van der Waals surface area contributed by atoms with E-state index in [0.29, 0.717) is 11.3 Å². The van der Waals surface area contributed by atoms with Crippen LogP contribution in [0.3, 0.4) is 0 Å². The van der Waals surface area contributed by atoms with Crippen LogP contribution >= 0.6 is 15.9 Å². The number of hydrogen-bond acceptors (Lipinski definition) is 5. The molecule has 1 N–H and O–H groups in total. The molecule has 0 aliphatic heterocycles. The summed E-state index contributed by atoms with van der Waals surface area (Å²) >= 11 is 3.38. The first-order chi connectivity index (χ1) is 15.8. The van der Waals surface area contributed by atoms with Crippen LogP contribution in [-0.2, 0) is 21.4 Å². The van der Waals surface area contributed by atoms with E-state index in [-0.39, 0.29) is 11.4 Å². The Balaban J connectivity index is 1.81. The van der Waals surface area contributed by atoms with E-state index in [2.05, 4.69) is 26.5 Å². The van der Waals surface area contributed by atoms with Gasteiger partial charge in [0.15, 0.2) is 0 Å². The number of carbonyl (C=O) groups excluding carboxylic acids is 1. The largest absolute Gasteiger partial charge is 0.496 e. The minimum absolute atomic E-state index is 0.0387. The highest BCUT2D eigenvalue weighted by molar-refractivity contribution is 9.10. The number of methoxy groups -OCH3 is 1. The first-order valence-electron chi connectivity index (χ1n) is 10.1. The third-order valence-electron chi connectivity index (χ3n) is 4.78. The minimum Gasteiger partial charge on any atom is -0.496 e. The fourth-order valence-electron chi connectivity index (χ4n) is 3.13. The van der Waals surface area contributed by atoms with Crippen molar-refractivity contribution in [2.45, 2.75) is 18.4 Å².